The molecule has 2 rings (SSSR count). The molecule has 0 spiro atoms. The number of amidine groups is 1. The van der Waals surface area contributed by atoms with Crippen LogP contribution in [-0.2, 0) is 0 Å². The Labute approximate surface area is 116 Å². The van der Waals surface area contributed by atoms with E-state index in [2.05, 4.69) is 10.1 Å². The summed E-state index contributed by atoms with van der Waals surface area (Å²) in [5, 5.41) is 12.1. The molecule has 18 heavy (non-hydrogen) atoms. The third kappa shape index (κ3) is 2.70. The molecule has 0 atom stereocenters. The monoisotopic (exact) mass is 283 g/mol. The summed E-state index contributed by atoms with van der Waals surface area (Å²) in [7, 11) is 0. The Hall–Kier alpha value is -1.01. The number of anilines is 1. The van der Waals surface area contributed by atoms with E-state index in [9.17, 15) is 0 Å². The second kappa shape index (κ2) is 6.24. The average Bonchev–Trinajstić information content (AvgIpc) is 2.46. The van der Waals surface area contributed by atoms with Gasteiger partial charge in [0, 0.05) is 35.2 Å². The normalized spacial score (nSPS) is 16.9. The predicted octanol–water partition coefficient (Wildman–Crippen LogP) is 2.06. The number of thioether (sulfide) groups is 2. The number of nitrogens with zero attached hydrogens (tertiary/aromatic N) is 2. The van der Waals surface area contributed by atoms with Gasteiger partial charge in [0.05, 0.1) is 5.56 Å². The fraction of sp³-hybridized carbons (Fsp3) is 0.417. The van der Waals surface area contributed by atoms with Crippen molar-refractivity contribution in [1.82, 2.24) is 0 Å². The SMILES string of the molecule is CSc1cccc(N2CCSCC2)c1/C(N)=N/O. The molecule has 0 aliphatic carbocycles. The topological polar surface area (TPSA) is 61.8 Å². The van der Waals surface area contributed by atoms with Gasteiger partial charge in [-0.05, 0) is 18.4 Å². The zero-order chi connectivity index (χ0) is 13.0. The highest BCUT2D eigenvalue weighted by Gasteiger charge is 2.19. The molecule has 6 heteroatoms. The Bertz CT molecular complexity index is 445. The second-order valence-electron chi connectivity index (χ2n) is 3.94. The summed E-state index contributed by atoms with van der Waals surface area (Å²) in [5.41, 5.74) is 7.75. The Morgan fingerprint density at radius 1 is 1.44 bits per heavy atom. The molecular weight excluding hydrogens is 266 g/mol. The van der Waals surface area contributed by atoms with Crippen LogP contribution in [0.15, 0.2) is 28.3 Å². The molecule has 98 valence electrons. The predicted molar refractivity (Wildman–Crippen MR) is 80.3 cm³/mol. The first-order chi connectivity index (χ1) is 8.77. The summed E-state index contributed by atoms with van der Waals surface area (Å²) in [6, 6.07) is 6.07. The molecule has 0 amide bonds. The van der Waals surface area contributed by atoms with Gasteiger partial charge in [-0.3, -0.25) is 0 Å². The van der Waals surface area contributed by atoms with Crippen LogP contribution in [0.4, 0.5) is 5.69 Å². The van der Waals surface area contributed by atoms with Crippen molar-refractivity contribution < 1.29 is 5.21 Å². The highest BCUT2D eigenvalue weighted by atomic mass is 32.2. The van der Waals surface area contributed by atoms with Crippen LogP contribution >= 0.6 is 23.5 Å². The van der Waals surface area contributed by atoms with E-state index in [1.165, 1.54) is 0 Å². The van der Waals surface area contributed by atoms with Crippen molar-refractivity contribution in [2.45, 2.75) is 4.90 Å². The number of oxime groups is 1. The summed E-state index contributed by atoms with van der Waals surface area (Å²) >= 11 is 3.58. The lowest BCUT2D eigenvalue weighted by Crippen LogP contribution is -2.34. The summed E-state index contributed by atoms with van der Waals surface area (Å²) in [6.45, 7) is 2.02. The third-order valence-electron chi connectivity index (χ3n) is 2.94. The van der Waals surface area contributed by atoms with Crippen LogP contribution in [0.3, 0.4) is 0 Å². The lowest BCUT2D eigenvalue weighted by Gasteiger charge is -2.30. The molecule has 1 aromatic carbocycles. The van der Waals surface area contributed by atoms with Gasteiger partial charge in [0.15, 0.2) is 5.84 Å². The summed E-state index contributed by atoms with van der Waals surface area (Å²) in [6.07, 6.45) is 2.00. The maximum absolute atomic E-state index is 8.96. The van der Waals surface area contributed by atoms with E-state index < -0.39 is 0 Å². The summed E-state index contributed by atoms with van der Waals surface area (Å²) < 4.78 is 0. The van der Waals surface area contributed by atoms with Crippen LogP contribution in [0.25, 0.3) is 0 Å². The van der Waals surface area contributed by atoms with Crippen molar-refractivity contribution in [2.75, 3.05) is 35.8 Å². The molecule has 1 heterocycles. The largest absolute Gasteiger partial charge is 0.409 e. The first kappa shape index (κ1) is 13.4. The van der Waals surface area contributed by atoms with Gasteiger partial charge in [0.25, 0.3) is 0 Å². The fourth-order valence-corrected chi connectivity index (χ4v) is 3.60. The Balaban J connectivity index is 2.44. The van der Waals surface area contributed by atoms with Crippen molar-refractivity contribution in [2.24, 2.45) is 10.9 Å². The van der Waals surface area contributed by atoms with Gasteiger partial charge >= 0.3 is 0 Å². The standard InChI is InChI=1S/C12H17N3OS2/c1-17-10-4-2-3-9(11(10)12(13)14-16)15-5-7-18-8-6-15/h2-4,16H,5-8H2,1H3,(H2,13,14). The molecule has 1 fully saturated rings. The highest BCUT2D eigenvalue weighted by molar-refractivity contribution is 7.99. The maximum atomic E-state index is 8.96. The Morgan fingerprint density at radius 2 is 2.17 bits per heavy atom. The van der Waals surface area contributed by atoms with Gasteiger partial charge in [-0.2, -0.15) is 11.8 Å². The van der Waals surface area contributed by atoms with E-state index in [4.69, 9.17) is 10.9 Å². The average molecular weight is 283 g/mol. The van der Waals surface area contributed by atoms with Crippen LogP contribution in [0.2, 0.25) is 0 Å². The van der Waals surface area contributed by atoms with E-state index in [0.717, 1.165) is 40.7 Å². The zero-order valence-electron chi connectivity index (χ0n) is 10.3. The Kier molecular flexibility index (Phi) is 4.66. The number of hydrogen-bond acceptors (Lipinski definition) is 5. The van der Waals surface area contributed by atoms with Crippen molar-refractivity contribution >= 4 is 35.0 Å². The number of rotatable bonds is 3. The molecule has 0 aromatic heterocycles. The van der Waals surface area contributed by atoms with E-state index in [-0.39, 0.29) is 5.84 Å². The summed E-state index contributed by atoms with van der Waals surface area (Å²) in [5.74, 6) is 2.44. The van der Waals surface area contributed by atoms with E-state index in [1.54, 1.807) is 11.8 Å². The molecule has 1 saturated heterocycles. The maximum Gasteiger partial charge on any atom is 0.173 e. The molecule has 3 N–H and O–H groups in total. The van der Waals surface area contributed by atoms with Crippen molar-refractivity contribution in [1.29, 1.82) is 0 Å². The molecule has 1 aromatic rings. The molecule has 4 nitrogen and oxygen atoms in total. The van der Waals surface area contributed by atoms with Gasteiger partial charge in [-0.15, -0.1) is 11.8 Å². The fourth-order valence-electron chi connectivity index (χ4n) is 2.06. The number of benzene rings is 1. The van der Waals surface area contributed by atoms with Gasteiger partial charge in [0.2, 0.25) is 0 Å². The number of hydrogen-bond donors (Lipinski definition) is 2. The van der Waals surface area contributed by atoms with Crippen molar-refractivity contribution in [3.8, 4) is 0 Å². The molecule has 1 aliphatic heterocycles. The minimum absolute atomic E-state index is 0.188. The van der Waals surface area contributed by atoms with Crippen LogP contribution in [0.5, 0.6) is 0 Å². The minimum atomic E-state index is 0.188. The zero-order valence-corrected chi connectivity index (χ0v) is 11.9. The molecule has 1 aliphatic rings. The number of nitrogens with two attached hydrogens (primary N) is 1. The first-order valence-corrected chi connectivity index (χ1v) is 8.13. The molecule has 0 bridgehead atoms. The quantitative estimate of drug-likeness (QED) is 0.292. The highest BCUT2D eigenvalue weighted by Crippen LogP contribution is 2.30. The summed E-state index contributed by atoms with van der Waals surface area (Å²) in [4.78, 5) is 3.35. The molecular formula is C12H17N3OS2. The van der Waals surface area contributed by atoms with E-state index >= 15 is 0 Å². The lowest BCUT2D eigenvalue weighted by atomic mass is 10.1. The van der Waals surface area contributed by atoms with Crippen LogP contribution < -0.4 is 10.6 Å². The van der Waals surface area contributed by atoms with Gasteiger partial charge in [-0.1, -0.05) is 11.2 Å². The molecule has 0 unspecified atom stereocenters. The van der Waals surface area contributed by atoms with Crippen LogP contribution in [0.1, 0.15) is 5.56 Å². The van der Waals surface area contributed by atoms with Gasteiger partial charge < -0.3 is 15.8 Å². The molecule has 0 radical (unpaired) electrons. The van der Waals surface area contributed by atoms with Crippen LogP contribution in [0, 0.1) is 0 Å². The van der Waals surface area contributed by atoms with Crippen molar-refractivity contribution in [3.63, 3.8) is 0 Å². The van der Waals surface area contributed by atoms with E-state index in [1.807, 2.05) is 36.2 Å². The van der Waals surface area contributed by atoms with Crippen molar-refractivity contribution in [3.05, 3.63) is 23.8 Å². The van der Waals surface area contributed by atoms with Gasteiger partial charge in [-0.25, -0.2) is 0 Å². The van der Waals surface area contributed by atoms with Crippen LogP contribution in [-0.4, -0.2) is 41.9 Å². The van der Waals surface area contributed by atoms with Gasteiger partial charge in [0.1, 0.15) is 0 Å². The van der Waals surface area contributed by atoms with E-state index in [0.29, 0.717) is 0 Å². The first-order valence-electron chi connectivity index (χ1n) is 5.75. The third-order valence-corrected chi connectivity index (χ3v) is 4.66. The molecule has 0 saturated carbocycles. The second-order valence-corrected chi connectivity index (χ2v) is 6.01. The minimum Gasteiger partial charge on any atom is -0.409 e. The Morgan fingerprint density at radius 3 is 2.78 bits per heavy atom. The lowest BCUT2D eigenvalue weighted by molar-refractivity contribution is 0.318. The smallest absolute Gasteiger partial charge is 0.173 e.